The SMILES string of the molecule is COc1c(-c2cccc(Cl)c2)cc(-n2ccc(=O)[nH]c2=O)cc1-c1ccc2cc(NS(C)(=O)=O)ccc2c1. The number of nitrogens with one attached hydrogen (secondary N) is 2. The molecule has 0 saturated carbocycles. The van der Waals surface area contributed by atoms with E-state index >= 15 is 0 Å². The summed E-state index contributed by atoms with van der Waals surface area (Å²) < 4.78 is 33.0. The quantitative estimate of drug-likeness (QED) is 0.309. The summed E-state index contributed by atoms with van der Waals surface area (Å²) in [6.45, 7) is 0. The van der Waals surface area contributed by atoms with Gasteiger partial charge in [0, 0.05) is 34.1 Å². The van der Waals surface area contributed by atoms with Crippen molar-refractivity contribution in [1.82, 2.24) is 9.55 Å². The molecule has 0 fully saturated rings. The molecule has 4 aromatic carbocycles. The second-order valence-electron chi connectivity index (χ2n) is 8.72. The molecule has 0 radical (unpaired) electrons. The lowest BCUT2D eigenvalue weighted by Gasteiger charge is -2.18. The van der Waals surface area contributed by atoms with Gasteiger partial charge in [0.1, 0.15) is 5.75 Å². The Morgan fingerprint density at radius 2 is 1.55 bits per heavy atom. The third kappa shape index (κ3) is 5.20. The smallest absolute Gasteiger partial charge is 0.332 e. The first-order valence-corrected chi connectivity index (χ1v) is 13.7. The molecule has 8 nitrogen and oxygen atoms in total. The van der Waals surface area contributed by atoms with Gasteiger partial charge in [0.15, 0.2) is 0 Å². The van der Waals surface area contributed by atoms with E-state index in [1.165, 1.54) is 16.8 Å². The van der Waals surface area contributed by atoms with E-state index in [2.05, 4.69) is 9.71 Å². The van der Waals surface area contributed by atoms with Gasteiger partial charge in [-0.25, -0.2) is 13.2 Å². The summed E-state index contributed by atoms with van der Waals surface area (Å²) in [6, 6.07) is 23.2. The van der Waals surface area contributed by atoms with Crippen LogP contribution in [0.3, 0.4) is 0 Å². The fourth-order valence-corrected chi connectivity index (χ4v) is 5.11. The third-order valence-corrected chi connectivity index (χ3v) is 6.81. The maximum absolute atomic E-state index is 12.7. The molecule has 0 aliphatic heterocycles. The van der Waals surface area contributed by atoms with E-state index in [0.29, 0.717) is 33.3 Å². The first-order valence-electron chi connectivity index (χ1n) is 11.4. The van der Waals surface area contributed by atoms with Crippen molar-refractivity contribution in [3.63, 3.8) is 0 Å². The molecule has 5 rings (SSSR count). The number of sulfonamides is 1. The molecule has 0 atom stereocenters. The Hall–Kier alpha value is -4.34. The topological polar surface area (TPSA) is 110 Å². The molecule has 0 unspecified atom stereocenters. The molecule has 38 heavy (non-hydrogen) atoms. The highest BCUT2D eigenvalue weighted by Gasteiger charge is 2.17. The van der Waals surface area contributed by atoms with Crippen molar-refractivity contribution in [2.75, 3.05) is 18.1 Å². The zero-order valence-electron chi connectivity index (χ0n) is 20.4. The van der Waals surface area contributed by atoms with Crippen LogP contribution in [0.15, 0.2) is 94.6 Å². The Morgan fingerprint density at radius 3 is 2.21 bits per heavy atom. The number of methoxy groups -OCH3 is 1. The summed E-state index contributed by atoms with van der Waals surface area (Å²) in [5.74, 6) is 0.572. The van der Waals surface area contributed by atoms with E-state index in [1.54, 1.807) is 37.4 Å². The fourth-order valence-electron chi connectivity index (χ4n) is 4.37. The molecule has 0 saturated heterocycles. The van der Waals surface area contributed by atoms with Crippen LogP contribution in [0, 0.1) is 0 Å². The molecule has 2 N–H and O–H groups in total. The van der Waals surface area contributed by atoms with Crippen LogP contribution < -0.4 is 20.7 Å². The Bertz CT molecular complexity index is 1930. The minimum Gasteiger partial charge on any atom is -0.495 e. The van der Waals surface area contributed by atoms with Crippen molar-refractivity contribution in [3.8, 4) is 33.7 Å². The number of hydrogen-bond donors (Lipinski definition) is 2. The van der Waals surface area contributed by atoms with Gasteiger partial charge >= 0.3 is 5.69 Å². The van der Waals surface area contributed by atoms with Gasteiger partial charge in [0.25, 0.3) is 5.56 Å². The van der Waals surface area contributed by atoms with E-state index in [4.69, 9.17) is 16.3 Å². The lowest BCUT2D eigenvalue weighted by atomic mass is 9.94. The second kappa shape index (κ2) is 9.85. The highest BCUT2D eigenvalue weighted by Crippen LogP contribution is 2.42. The van der Waals surface area contributed by atoms with E-state index in [9.17, 15) is 18.0 Å². The van der Waals surface area contributed by atoms with Gasteiger partial charge in [-0.3, -0.25) is 19.1 Å². The van der Waals surface area contributed by atoms with Crippen molar-refractivity contribution in [2.24, 2.45) is 0 Å². The fraction of sp³-hybridized carbons (Fsp3) is 0.0714. The zero-order valence-corrected chi connectivity index (χ0v) is 21.9. The average Bonchev–Trinajstić information content (AvgIpc) is 2.86. The van der Waals surface area contributed by atoms with Crippen LogP contribution in [0.2, 0.25) is 5.02 Å². The molecule has 0 aliphatic carbocycles. The highest BCUT2D eigenvalue weighted by molar-refractivity contribution is 7.92. The van der Waals surface area contributed by atoms with Crippen molar-refractivity contribution in [2.45, 2.75) is 0 Å². The maximum atomic E-state index is 12.7. The summed E-state index contributed by atoms with van der Waals surface area (Å²) in [4.78, 5) is 26.6. The molecular weight excluding hydrogens is 526 g/mol. The summed E-state index contributed by atoms with van der Waals surface area (Å²) in [6.07, 6.45) is 2.52. The molecule has 1 heterocycles. The van der Waals surface area contributed by atoms with Gasteiger partial charge < -0.3 is 4.74 Å². The van der Waals surface area contributed by atoms with Crippen LogP contribution in [-0.4, -0.2) is 31.3 Å². The maximum Gasteiger partial charge on any atom is 0.332 e. The van der Waals surface area contributed by atoms with Crippen LogP contribution in [0.1, 0.15) is 0 Å². The number of hydrogen-bond acceptors (Lipinski definition) is 5. The van der Waals surface area contributed by atoms with Crippen LogP contribution >= 0.6 is 11.6 Å². The van der Waals surface area contributed by atoms with E-state index in [1.807, 2.05) is 42.5 Å². The molecule has 10 heteroatoms. The number of fused-ring (bicyclic) bond motifs is 1. The number of aromatic nitrogens is 2. The number of benzene rings is 4. The van der Waals surface area contributed by atoms with Crippen molar-refractivity contribution < 1.29 is 13.2 Å². The predicted octanol–water partition coefficient (Wildman–Crippen LogP) is 5.05. The molecule has 5 aromatic rings. The largest absolute Gasteiger partial charge is 0.495 e. The Balaban J connectivity index is 1.75. The highest BCUT2D eigenvalue weighted by atomic mass is 35.5. The molecule has 192 valence electrons. The Morgan fingerprint density at radius 1 is 0.868 bits per heavy atom. The summed E-state index contributed by atoms with van der Waals surface area (Å²) in [7, 11) is -1.83. The van der Waals surface area contributed by atoms with Gasteiger partial charge in [0.2, 0.25) is 10.0 Å². The summed E-state index contributed by atoms with van der Waals surface area (Å²) >= 11 is 6.29. The van der Waals surface area contributed by atoms with Crippen LogP contribution in [0.25, 0.3) is 38.7 Å². The van der Waals surface area contributed by atoms with Crippen LogP contribution in [0.5, 0.6) is 5.75 Å². The van der Waals surface area contributed by atoms with Crippen LogP contribution in [-0.2, 0) is 10.0 Å². The molecule has 1 aromatic heterocycles. The average molecular weight is 548 g/mol. The van der Waals surface area contributed by atoms with Gasteiger partial charge in [-0.2, -0.15) is 0 Å². The number of halogens is 1. The molecule has 0 bridgehead atoms. The zero-order chi connectivity index (χ0) is 27.0. The predicted molar refractivity (Wildman–Crippen MR) is 151 cm³/mol. The van der Waals surface area contributed by atoms with Crippen molar-refractivity contribution in [3.05, 3.63) is 111 Å². The summed E-state index contributed by atoms with van der Waals surface area (Å²) in [5.41, 5.74) is 2.92. The normalized spacial score (nSPS) is 11.4. The Kier molecular flexibility index (Phi) is 6.56. The first kappa shape index (κ1) is 25.3. The van der Waals surface area contributed by atoms with Gasteiger partial charge in [0.05, 0.1) is 19.1 Å². The monoisotopic (exact) mass is 547 g/mol. The number of nitrogens with zero attached hydrogens (tertiary/aromatic N) is 1. The van der Waals surface area contributed by atoms with E-state index in [0.717, 1.165) is 28.2 Å². The van der Waals surface area contributed by atoms with Crippen molar-refractivity contribution >= 4 is 38.1 Å². The van der Waals surface area contributed by atoms with Crippen molar-refractivity contribution in [1.29, 1.82) is 0 Å². The second-order valence-corrected chi connectivity index (χ2v) is 10.9. The van der Waals surface area contributed by atoms with E-state index in [-0.39, 0.29) is 0 Å². The number of anilines is 1. The first-order chi connectivity index (χ1) is 18.1. The molecular formula is C28H22ClN3O5S. The van der Waals surface area contributed by atoms with E-state index < -0.39 is 21.3 Å². The van der Waals surface area contributed by atoms with Gasteiger partial charge in [-0.1, -0.05) is 41.9 Å². The number of H-pyrrole nitrogens is 1. The standard InChI is InChI=1S/C28H22ClN3O5S/c1-37-27-24(19-4-3-5-21(29)13-19)15-23(32-11-10-26(33)30-28(32)34)16-25(27)20-7-6-18-14-22(31-38(2,35)36)9-8-17(18)12-20/h3-16,31H,1-2H3,(H,30,33,34). The minimum absolute atomic E-state index is 0.466. The van der Waals surface area contributed by atoms with Crippen LogP contribution in [0.4, 0.5) is 5.69 Å². The molecule has 0 spiro atoms. The number of ether oxygens (including phenoxy) is 1. The van der Waals surface area contributed by atoms with Gasteiger partial charge in [-0.05, 0) is 64.4 Å². The third-order valence-electron chi connectivity index (χ3n) is 5.97. The summed E-state index contributed by atoms with van der Waals surface area (Å²) in [5, 5.41) is 2.26. The van der Waals surface area contributed by atoms with Gasteiger partial charge in [-0.15, -0.1) is 0 Å². The number of rotatable bonds is 6. The molecule has 0 aliphatic rings. The lowest BCUT2D eigenvalue weighted by molar-refractivity contribution is 0.418. The Labute approximate surface area is 223 Å². The number of aromatic amines is 1. The lowest BCUT2D eigenvalue weighted by Crippen LogP contribution is -2.27. The molecule has 0 amide bonds. The minimum atomic E-state index is -3.40.